The van der Waals surface area contributed by atoms with Crippen molar-refractivity contribution in [1.29, 1.82) is 0 Å². The van der Waals surface area contributed by atoms with E-state index in [1.807, 2.05) is 43.3 Å². The van der Waals surface area contributed by atoms with Crippen LogP contribution in [-0.2, 0) is 0 Å². The predicted molar refractivity (Wildman–Crippen MR) is 71.0 cm³/mol. The third kappa shape index (κ3) is 2.75. The number of hydrogen-bond donors (Lipinski definition) is 1. The summed E-state index contributed by atoms with van der Waals surface area (Å²) < 4.78 is 0. The summed E-state index contributed by atoms with van der Waals surface area (Å²) in [5, 5.41) is 10.2. The monoisotopic (exact) mass is 226 g/mol. The quantitative estimate of drug-likeness (QED) is 0.844. The minimum absolute atomic E-state index is 0.0717. The van der Waals surface area contributed by atoms with Crippen molar-refractivity contribution in [3.05, 3.63) is 71.8 Å². The van der Waals surface area contributed by atoms with Crippen LogP contribution in [0.3, 0.4) is 0 Å². The molecule has 0 heterocycles. The van der Waals surface area contributed by atoms with Crippen molar-refractivity contribution in [3.8, 4) is 0 Å². The van der Waals surface area contributed by atoms with Crippen molar-refractivity contribution in [3.63, 3.8) is 0 Å². The van der Waals surface area contributed by atoms with Crippen LogP contribution in [0.15, 0.2) is 60.7 Å². The van der Waals surface area contributed by atoms with E-state index in [0.29, 0.717) is 0 Å². The van der Waals surface area contributed by atoms with Crippen molar-refractivity contribution in [2.75, 3.05) is 0 Å². The van der Waals surface area contributed by atoms with Crippen LogP contribution in [0.1, 0.15) is 30.4 Å². The van der Waals surface area contributed by atoms with Crippen LogP contribution < -0.4 is 0 Å². The number of benzene rings is 2. The molecule has 0 radical (unpaired) electrons. The largest absolute Gasteiger partial charge is 0.392 e. The average molecular weight is 226 g/mol. The summed E-state index contributed by atoms with van der Waals surface area (Å²) in [5.74, 6) is 0.0717. The molecule has 1 nitrogen and oxygen atoms in total. The molecule has 2 aromatic rings. The highest BCUT2D eigenvalue weighted by atomic mass is 16.3. The van der Waals surface area contributed by atoms with E-state index >= 15 is 0 Å². The summed E-state index contributed by atoms with van der Waals surface area (Å²) in [6.45, 7) is 2.02. The van der Waals surface area contributed by atoms with E-state index in [0.717, 1.165) is 6.42 Å². The Balaban J connectivity index is 2.39. The molecule has 0 saturated carbocycles. The minimum atomic E-state index is -0.334. The van der Waals surface area contributed by atoms with Crippen molar-refractivity contribution >= 4 is 0 Å². The first kappa shape index (κ1) is 11.9. The van der Waals surface area contributed by atoms with E-state index in [4.69, 9.17) is 0 Å². The zero-order valence-electron chi connectivity index (χ0n) is 10.1. The number of rotatable bonds is 4. The molecule has 0 fully saturated rings. The second-order valence-electron chi connectivity index (χ2n) is 4.27. The van der Waals surface area contributed by atoms with Gasteiger partial charge in [-0.2, -0.15) is 0 Å². The molecule has 2 rings (SSSR count). The molecule has 0 aliphatic heterocycles. The van der Waals surface area contributed by atoms with Gasteiger partial charge in [-0.15, -0.1) is 0 Å². The average Bonchev–Trinajstić information content (AvgIpc) is 2.41. The van der Waals surface area contributed by atoms with Crippen molar-refractivity contribution in [1.82, 2.24) is 0 Å². The lowest BCUT2D eigenvalue weighted by Gasteiger charge is -2.23. The van der Waals surface area contributed by atoms with Crippen molar-refractivity contribution in [2.24, 2.45) is 0 Å². The first-order valence-electron chi connectivity index (χ1n) is 6.11. The summed E-state index contributed by atoms with van der Waals surface area (Å²) in [5.41, 5.74) is 2.35. The molecule has 0 aliphatic rings. The molecule has 0 saturated heterocycles. The predicted octanol–water partition coefficient (Wildman–Crippen LogP) is 3.59. The van der Waals surface area contributed by atoms with Crippen LogP contribution in [0.4, 0.5) is 0 Å². The fourth-order valence-corrected chi connectivity index (χ4v) is 2.19. The normalized spacial score (nSPS) is 12.6. The molecule has 0 amide bonds. The molecule has 1 heteroatoms. The van der Waals surface area contributed by atoms with Crippen LogP contribution >= 0.6 is 0 Å². The number of aliphatic hydroxyl groups is 1. The van der Waals surface area contributed by atoms with E-state index in [-0.39, 0.29) is 12.0 Å². The lowest BCUT2D eigenvalue weighted by Crippen LogP contribution is -2.18. The van der Waals surface area contributed by atoms with Crippen LogP contribution in [0.25, 0.3) is 0 Å². The SMILES string of the molecule is CC[C@H](O)C(c1ccccc1)c1ccccc1. The Morgan fingerprint density at radius 2 is 1.24 bits per heavy atom. The van der Waals surface area contributed by atoms with E-state index < -0.39 is 0 Å². The number of aliphatic hydroxyl groups excluding tert-OH is 1. The summed E-state index contributed by atoms with van der Waals surface area (Å²) in [6.07, 6.45) is 0.425. The third-order valence-corrected chi connectivity index (χ3v) is 3.12. The van der Waals surface area contributed by atoms with Crippen LogP contribution in [0, 0.1) is 0 Å². The topological polar surface area (TPSA) is 20.2 Å². The Kier molecular flexibility index (Phi) is 3.94. The Labute approximate surface area is 103 Å². The van der Waals surface area contributed by atoms with Gasteiger partial charge in [0.05, 0.1) is 6.10 Å². The van der Waals surface area contributed by atoms with E-state index in [9.17, 15) is 5.11 Å². The zero-order valence-corrected chi connectivity index (χ0v) is 10.1. The maximum atomic E-state index is 10.2. The molecule has 0 aromatic heterocycles. The second-order valence-corrected chi connectivity index (χ2v) is 4.27. The van der Waals surface area contributed by atoms with E-state index in [1.165, 1.54) is 11.1 Å². The Hall–Kier alpha value is -1.60. The molecule has 0 aliphatic carbocycles. The van der Waals surface area contributed by atoms with Gasteiger partial charge in [0.2, 0.25) is 0 Å². The highest BCUT2D eigenvalue weighted by molar-refractivity contribution is 5.33. The molecule has 2 aromatic carbocycles. The highest BCUT2D eigenvalue weighted by Gasteiger charge is 2.20. The van der Waals surface area contributed by atoms with Crippen molar-refractivity contribution in [2.45, 2.75) is 25.4 Å². The second kappa shape index (κ2) is 5.65. The van der Waals surface area contributed by atoms with Crippen LogP contribution in [0.5, 0.6) is 0 Å². The lowest BCUT2D eigenvalue weighted by atomic mass is 9.86. The van der Waals surface area contributed by atoms with Gasteiger partial charge in [0.1, 0.15) is 0 Å². The lowest BCUT2D eigenvalue weighted by molar-refractivity contribution is 0.152. The molecular formula is C16H18O. The Bertz CT molecular complexity index is 396. The van der Waals surface area contributed by atoms with Gasteiger partial charge < -0.3 is 5.11 Å². The maximum Gasteiger partial charge on any atom is 0.0646 e. The van der Waals surface area contributed by atoms with Gasteiger partial charge in [-0.1, -0.05) is 67.6 Å². The standard InChI is InChI=1S/C16H18O/c1-2-15(17)16(13-9-5-3-6-10-13)14-11-7-4-8-12-14/h3-12,15-17H,2H2,1H3/t15-/m0/s1. The molecular weight excluding hydrogens is 208 g/mol. The molecule has 0 bridgehead atoms. The Morgan fingerprint density at radius 1 is 0.824 bits per heavy atom. The van der Waals surface area contributed by atoms with Crippen LogP contribution in [0.2, 0.25) is 0 Å². The van der Waals surface area contributed by atoms with E-state index in [1.54, 1.807) is 0 Å². The summed E-state index contributed by atoms with van der Waals surface area (Å²) in [4.78, 5) is 0. The van der Waals surface area contributed by atoms with Gasteiger partial charge in [-0.05, 0) is 17.5 Å². The molecule has 0 unspecified atom stereocenters. The minimum Gasteiger partial charge on any atom is -0.392 e. The fourth-order valence-electron chi connectivity index (χ4n) is 2.19. The van der Waals surface area contributed by atoms with Gasteiger partial charge in [-0.25, -0.2) is 0 Å². The highest BCUT2D eigenvalue weighted by Crippen LogP contribution is 2.29. The van der Waals surface area contributed by atoms with Gasteiger partial charge in [0, 0.05) is 5.92 Å². The van der Waals surface area contributed by atoms with E-state index in [2.05, 4.69) is 24.3 Å². The van der Waals surface area contributed by atoms with Crippen LogP contribution in [-0.4, -0.2) is 11.2 Å². The molecule has 1 N–H and O–H groups in total. The fraction of sp³-hybridized carbons (Fsp3) is 0.250. The summed E-state index contributed by atoms with van der Waals surface area (Å²) >= 11 is 0. The smallest absolute Gasteiger partial charge is 0.0646 e. The maximum absolute atomic E-state index is 10.2. The first-order valence-corrected chi connectivity index (χ1v) is 6.11. The molecule has 1 atom stereocenters. The van der Waals surface area contributed by atoms with Crippen molar-refractivity contribution < 1.29 is 5.11 Å². The molecule has 17 heavy (non-hydrogen) atoms. The van der Waals surface area contributed by atoms with Gasteiger partial charge in [0.25, 0.3) is 0 Å². The zero-order chi connectivity index (χ0) is 12.1. The Morgan fingerprint density at radius 3 is 1.59 bits per heavy atom. The summed E-state index contributed by atoms with van der Waals surface area (Å²) in [6, 6.07) is 20.4. The molecule has 0 spiro atoms. The van der Waals surface area contributed by atoms with Gasteiger partial charge in [0.15, 0.2) is 0 Å². The third-order valence-electron chi connectivity index (χ3n) is 3.12. The number of hydrogen-bond acceptors (Lipinski definition) is 1. The van der Waals surface area contributed by atoms with Gasteiger partial charge in [-0.3, -0.25) is 0 Å². The first-order chi connectivity index (χ1) is 8.33. The molecule has 88 valence electrons. The summed E-state index contributed by atoms with van der Waals surface area (Å²) in [7, 11) is 0. The van der Waals surface area contributed by atoms with Gasteiger partial charge >= 0.3 is 0 Å².